The first kappa shape index (κ1) is 18.6. The van der Waals surface area contributed by atoms with Gasteiger partial charge in [-0.3, -0.25) is 9.31 Å². The molecule has 0 amide bonds. The van der Waals surface area contributed by atoms with Gasteiger partial charge in [0.05, 0.1) is 21.6 Å². The number of H-pyrrole nitrogens is 1. The maximum Gasteiger partial charge on any atom is 0.433 e. The summed E-state index contributed by atoms with van der Waals surface area (Å²) in [6.07, 6.45) is -4.77. The molecule has 0 aromatic carbocycles. The van der Waals surface area contributed by atoms with Crippen LogP contribution in [-0.2, 0) is 21.8 Å². The predicted molar refractivity (Wildman–Crippen MR) is 74.0 cm³/mol. The Morgan fingerprint density at radius 3 is 2.46 bits per heavy atom. The van der Waals surface area contributed by atoms with E-state index in [-0.39, 0.29) is 11.5 Å². The first-order chi connectivity index (χ1) is 10.9. The zero-order chi connectivity index (χ0) is 18.3. The van der Waals surface area contributed by atoms with Gasteiger partial charge in [-0.25, -0.2) is 0 Å². The summed E-state index contributed by atoms with van der Waals surface area (Å²) in [5.41, 5.74) is -2.87. The van der Waals surface area contributed by atoms with E-state index in [1.54, 1.807) is 18.9 Å². The number of ether oxygens (including phenoxy) is 1. The molecule has 2 heterocycles. The molecule has 1 aliphatic heterocycles. The SMILES string of the molecule is CC(c1c(OC(F)F)n[nH]c1C(F)(F)F)S(=O)C1=NOC(C)(C)C1. The normalized spacial score (nSPS) is 19.8. The summed E-state index contributed by atoms with van der Waals surface area (Å²) in [6.45, 7) is 1.13. The Labute approximate surface area is 135 Å². The summed E-state index contributed by atoms with van der Waals surface area (Å²) in [6, 6.07) is 0. The van der Waals surface area contributed by atoms with E-state index in [0.29, 0.717) is 0 Å². The maximum absolute atomic E-state index is 13.1. The van der Waals surface area contributed by atoms with Crippen LogP contribution in [0.3, 0.4) is 0 Å². The minimum atomic E-state index is -4.90. The van der Waals surface area contributed by atoms with E-state index in [4.69, 9.17) is 4.84 Å². The Hall–Kier alpha value is -1.72. The van der Waals surface area contributed by atoms with Gasteiger partial charge in [0.25, 0.3) is 0 Å². The van der Waals surface area contributed by atoms with E-state index in [1.807, 2.05) is 0 Å². The summed E-state index contributed by atoms with van der Waals surface area (Å²) in [5.74, 6) is -0.947. The van der Waals surface area contributed by atoms with Crippen LogP contribution in [-0.4, -0.2) is 31.7 Å². The lowest BCUT2D eigenvalue weighted by molar-refractivity contribution is -0.141. The van der Waals surface area contributed by atoms with E-state index in [9.17, 15) is 26.2 Å². The molecule has 0 aliphatic carbocycles. The van der Waals surface area contributed by atoms with Crippen LogP contribution in [0.4, 0.5) is 22.0 Å². The number of aromatic amines is 1. The molecule has 2 rings (SSSR count). The second-order valence-electron chi connectivity index (χ2n) is 5.65. The number of nitrogens with zero attached hydrogens (tertiary/aromatic N) is 2. The molecule has 0 saturated heterocycles. The van der Waals surface area contributed by atoms with Crippen LogP contribution in [0.25, 0.3) is 0 Å². The fraction of sp³-hybridized carbons (Fsp3) is 0.667. The van der Waals surface area contributed by atoms with Gasteiger partial charge in [0, 0.05) is 6.42 Å². The van der Waals surface area contributed by atoms with Crippen molar-refractivity contribution in [2.45, 2.75) is 50.8 Å². The van der Waals surface area contributed by atoms with E-state index >= 15 is 0 Å². The van der Waals surface area contributed by atoms with Crippen LogP contribution in [0.1, 0.15) is 43.7 Å². The average molecular weight is 375 g/mol. The van der Waals surface area contributed by atoms with Crippen LogP contribution in [0, 0.1) is 0 Å². The van der Waals surface area contributed by atoms with E-state index in [2.05, 4.69) is 15.0 Å². The molecular formula is C12H14F5N3O3S. The van der Waals surface area contributed by atoms with Crippen molar-refractivity contribution in [2.24, 2.45) is 5.16 Å². The summed E-state index contributed by atoms with van der Waals surface area (Å²) < 4.78 is 80.5. The molecule has 0 fully saturated rings. The fourth-order valence-electron chi connectivity index (χ4n) is 2.12. The van der Waals surface area contributed by atoms with Crippen LogP contribution in [0.2, 0.25) is 0 Å². The zero-order valence-corrected chi connectivity index (χ0v) is 13.6. The second-order valence-corrected chi connectivity index (χ2v) is 7.42. The van der Waals surface area contributed by atoms with Crippen molar-refractivity contribution < 1.29 is 35.7 Å². The highest BCUT2D eigenvalue weighted by molar-refractivity contribution is 8.00. The Bertz CT molecular complexity index is 671. The van der Waals surface area contributed by atoms with Gasteiger partial charge in [-0.1, -0.05) is 5.16 Å². The molecule has 2 atom stereocenters. The second kappa shape index (κ2) is 6.30. The molecule has 1 aromatic heterocycles. The lowest BCUT2D eigenvalue weighted by Crippen LogP contribution is -2.22. The number of nitrogens with one attached hydrogen (secondary N) is 1. The average Bonchev–Trinajstić information content (AvgIpc) is 2.99. The minimum Gasteiger partial charge on any atom is -0.415 e. The van der Waals surface area contributed by atoms with Crippen molar-refractivity contribution in [3.63, 3.8) is 0 Å². The van der Waals surface area contributed by atoms with Gasteiger partial charge in [0.2, 0.25) is 5.88 Å². The molecule has 0 saturated carbocycles. The van der Waals surface area contributed by atoms with Crippen molar-refractivity contribution in [1.29, 1.82) is 0 Å². The van der Waals surface area contributed by atoms with Crippen molar-refractivity contribution in [2.75, 3.05) is 0 Å². The third-order valence-electron chi connectivity index (χ3n) is 3.18. The smallest absolute Gasteiger partial charge is 0.415 e. The lowest BCUT2D eigenvalue weighted by atomic mass is 10.1. The molecule has 136 valence electrons. The number of aromatic nitrogens is 2. The number of halogens is 5. The summed E-state index contributed by atoms with van der Waals surface area (Å²) >= 11 is 0. The van der Waals surface area contributed by atoms with Gasteiger partial charge in [0.1, 0.15) is 16.3 Å². The molecule has 1 aliphatic rings. The quantitative estimate of drug-likeness (QED) is 0.819. The summed E-state index contributed by atoms with van der Waals surface area (Å²) in [4.78, 5) is 5.03. The predicted octanol–water partition coefficient (Wildman–Crippen LogP) is 3.35. The number of hydrogen-bond donors (Lipinski definition) is 1. The number of alkyl halides is 5. The molecular weight excluding hydrogens is 361 g/mol. The number of rotatable bonds is 4. The highest BCUT2D eigenvalue weighted by atomic mass is 32.2. The third kappa shape index (κ3) is 3.84. The molecule has 6 nitrogen and oxygen atoms in total. The Morgan fingerprint density at radius 2 is 2.00 bits per heavy atom. The highest BCUT2D eigenvalue weighted by Crippen LogP contribution is 2.41. The van der Waals surface area contributed by atoms with E-state index in [1.165, 1.54) is 6.92 Å². The molecule has 24 heavy (non-hydrogen) atoms. The number of hydrogen-bond acceptors (Lipinski definition) is 5. The van der Waals surface area contributed by atoms with Crippen LogP contribution in [0.15, 0.2) is 5.16 Å². The summed E-state index contributed by atoms with van der Waals surface area (Å²) in [5, 5.41) is 7.06. The monoisotopic (exact) mass is 375 g/mol. The molecule has 0 bridgehead atoms. The Morgan fingerprint density at radius 1 is 1.38 bits per heavy atom. The molecule has 1 aromatic rings. The first-order valence-electron chi connectivity index (χ1n) is 6.68. The van der Waals surface area contributed by atoms with E-state index in [0.717, 1.165) is 0 Å². The molecule has 2 unspecified atom stereocenters. The van der Waals surface area contributed by atoms with Crippen LogP contribution < -0.4 is 4.74 Å². The van der Waals surface area contributed by atoms with Crippen molar-refractivity contribution in [3.8, 4) is 5.88 Å². The Kier molecular flexibility index (Phi) is 4.88. The molecule has 0 spiro atoms. The highest BCUT2D eigenvalue weighted by Gasteiger charge is 2.43. The topological polar surface area (TPSA) is 76.6 Å². The zero-order valence-electron chi connectivity index (χ0n) is 12.8. The Balaban J connectivity index is 2.38. The maximum atomic E-state index is 13.1. The van der Waals surface area contributed by atoms with Gasteiger partial charge in [-0.2, -0.15) is 22.0 Å². The van der Waals surface area contributed by atoms with Gasteiger partial charge >= 0.3 is 12.8 Å². The van der Waals surface area contributed by atoms with Crippen molar-refractivity contribution in [3.05, 3.63) is 11.3 Å². The standard InChI is InChI=1S/C12H14F5N3O3S/c1-5(24(21)6-4-11(2,3)23-20-6)7-8(12(15,16)17)18-19-9(7)22-10(13)14/h5,10H,4H2,1-3H3,(H,18,19). The van der Waals surface area contributed by atoms with Crippen LogP contribution in [0.5, 0.6) is 5.88 Å². The van der Waals surface area contributed by atoms with Gasteiger partial charge in [-0.15, -0.1) is 5.10 Å². The lowest BCUT2D eigenvalue weighted by Gasteiger charge is -2.16. The van der Waals surface area contributed by atoms with Crippen LogP contribution >= 0.6 is 0 Å². The fourth-order valence-corrected chi connectivity index (χ4v) is 3.57. The molecule has 1 N–H and O–H groups in total. The summed E-state index contributed by atoms with van der Waals surface area (Å²) in [7, 11) is -2.05. The van der Waals surface area contributed by atoms with Crippen molar-refractivity contribution in [1.82, 2.24) is 10.2 Å². The molecule has 12 heteroatoms. The van der Waals surface area contributed by atoms with Crippen molar-refractivity contribution >= 4 is 15.8 Å². The van der Waals surface area contributed by atoms with Gasteiger partial charge in [-0.05, 0) is 20.8 Å². The molecule has 0 radical (unpaired) electrons. The van der Waals surface area contributed by atoms with E-state index < -0.39 is 51.6 Å². The number of oxime groups is 1. The van der Waals surface area contributed by atoms with Gasteiger partial charge in [0.15, 0.2) is 0 Å². The first-order valence-corrected chi connectivity index (χ1v) is 7.89. The third-order valence-corrected chi connectivity index (χ3v) is 4.75. The minimum absolute atomic E-state index is 0.0322. The largest absolute Gasteiger partial charge is 0.433 e. The van der Waals surface area contributed by atoms with Gasteiger partial charge < -0.3 is 9.57 Å².